The predicted octanol–water partition coefficient (Wildman–Crippen LogP) is 0.648. The van der Waals surface area contributed by atoms with Crippen LogP contribution in [0.5, 0.6) is 0 Å². The first kappa shape index (κ1) is 21.3. The van der Waals surface area contributed by atoms with E-state index in [0.29, 0.717) is 44.1 Å². The number of methoxy groups -OCH3 is 1. The number of thiophene rings is 1. The molecule has 0 spiro atoms. The molecule has 0 bridgehead atoms. The summed E-state index contributed by atoms with van der Waals surface area (Å²) in [6, 6.07) is 3.01. The van der Waals surface area contributed by atoms with Gasteiger partial charge in [-0.15, -0.1) is 11.3 Å². The van der Waals surface area contributed by atoms with E-state index in [1.165, 1.54) is 11.3 Å². The van der Waals surface area contributed by atoms with Gasteiger partial charge in [0.15, 0.2) is 0 Å². The smallest absolute Gasteiger partial charge is 0.264 e. The Morgan fingerprint density at radius 2 is 2.00 bits per heavy atom. The maximum absolute atomic E-state index is 13.3. The highest BCUT2D eigenvalue weighted by Crippen LogP contribution is 2.35. The van der Waals surface area contributed by atoms with Crippen LogP contribution >= 0.6 is 11.3 Å². The minimum Gasteiger partial charge on any atom is -0.383 e. The van der Waals surface area contributed by atoms with Crippen LogP contribution in [0.1, 0.15) is 28.9 Å². The number of likely N-dealkylation sites (tertiary alicyclic amines) is 1. The number of rotatable bonds is 7. The minimum atomic E-state index is -0.484. The van der Waals surface area contributed by atoms with Crippen molar-refractivity contribution < 1.29 is 19.1 Å². The molecule has 4 rings (SSSR count). The normalized spacial score (nSPS) is 24.2. The molecule has 2 saturated heterocycles. The Labute approximate surface area is 181 Å². The first-order valence-electron chi connectivity index (χ1n) is 10.7. The number of amides is 3. The van der Waals surface area contributed by atoms with Crippen molar-refractivity contribution in [1.82, 2.24) is 20.0 Å². The molecule has 8 nitrogen and oxygen atoms in total. The van der Waals surface area contributed by atoms with E-state index in [4.69, 9.17) is 4.74 Å². The highest BCUT2D eigenvalue weighted by Gasteiger charge is 2.47. The second-order valence-corrected chi connectivity index (χ2v) is 9.16. The van der Waals surface area contributed by atoms with Crippen molar-refractivity contribution in [3.63, 3.8) is 0 Å². The summed E-state index contributed by atoms with van der Waals surface area (Å²) in [7, 11) is 1.61. The van der Waals surface area contributed by atoms with Gasteiger partial charge in [-0.3, -0.25) is 14.4 Å². The average molecular weight is 435 g/mol. The third-order valence-corrected chi connectivity index (χ3v) is 7.03. The fourth-order valence-corrected chi connectivity index (χ4v) is 5.04. The zero-order valence-corrected chi connectivity index (χ0v) is 18.2. The Morgan fingerprint density at radius 1 is 1.23 bits per heavy atom. The van der Waals surface area contributed by atoms with Crippen LogP contribution in [0.15, 0.2) is 17.5 Å². The molecule has 1 aromatic heterocycles. The molecule has 1 saturated carbocycles. The summed E-state index contributed by atoms with van der Waals surface area (Å²) in [6.07, 6.45) is 2.29. The first-order chi connectivity index (χ1) is 14.6. The molecule has 3 aliphatic rings. The Morgan fingerprint density at radius 3 is 2.63 bits per heavy atom. The van der Waals surface area contributed by atoms with Gasteiger partial charge in [-0.25, -0.2) is 0 Å². The van der Waals surface area contributed by atoms with Crippen LogP contribution in [-0.2, 0) is 14.3 Å². The third kappa shape index (κ3) is 4.53. The highest BCUT2D eigenvalue weighted by atomic mass is 32.1. The maximum Gasteiger partial charge on any atom is 0.264 e. The largest absolute Gasteiger partial charge is 0.383 e. The van der Waals surface area contributed by atoms with Gasteiger partial charge in [0.05, 0.1) is 17.5 Å². The molecular weight excluding hydrogens is 404 g/mol. The second-order valence-electron chi connectivity index (χ2n) is 8.21. The number of nitrogens with one attached hydrogen (secondary N) is 1. The van der Waals surface area contributed by atoms with E-state index in [1.54, 1.807) is 16.9 Å². The van der Waals surface area contributed by atoms with Crippen LogP contribution in [0.2, 0.25) is 0 Å². The predicted molar refractivity (Wildman–Crippen MR) is 113 cm³/mol. The van der Waals surface area contributed by atoms with Crippen molar-refractivity contribution in [2.45, 2.75) is 31.3 Å². The summed E-state index contributed by atoms with van der Waals surface area (Å²) in [6.45, 7) is 4.14. The van der Waals surface area contributed by atoms with Gasteiger partial charge in [0.1, 0.15) is 6.04 Å². The van der Waals surface area contributed by atoms with Gasteiger partial charge in [-0.2, -0.15) is 0 Å². The van der Waals surface area contributed by atoms with E-state index in [0.717, 1.165) is 25.9 Å². The lowest BCUT2D eigenvalue weighted by atomic mass is 10.1. The standard InChI is InChI=1S/C21H30N4O4S/c1-29-11-10-24(21(28)18-3-2-12-30-18)16-13-17(20(27)23-8-6-22-7-9-23)25(14-16)19(26)15-4-5-15/h2-3,12,15-17,22H,4-11,13-14H2,1H3. The van der Waals surface area contributed by atoms with Crippen molar-refractivity contribution >= 4 is 29.1 Å². The van der Waals surface area contributed by atoms with E-state index in [-0.39, 0.29) is 29.7 Å². The summed E-state index contributed by atoms with van der Waals surface area (Å²) in [5.74, 6) is 0.0770. The van der Waals surface area contributed by atoms with Gasteiger partial charge < -0.3 is 24.8 Å². The molecule has 2 unspecified atom stereocenters. The van der Waals surface area contributed by atoms with Crippen molar-refractivity contribution in [2.24, 2.45) is 5.92 Å². The second kappa shape index (κ2) is 9.45. The number of nitrogens with zero attached hydrogens (tertiary/aromatic N) is 3. The molecule has 2 atom stereocenters. The molecule has 1 N–H and O–H groups in total. The molecule has 1 aliphatic carbocycles. The molecular formula is C21H30N4O4S. The summed E-state index contributed by atoms with van der Waals surface area (Å²) < 4.78 is 5.24. The van der Waals surface area contributed by atoms with E-state index in [9.17, 15) is 14.4 Å². The van der Waals surface area contributed by atoms with Crippen LogP contribution in [0.4, 0.5) is 0 Å². The monoisotopic (exact) mass is 434 g/mol. The fraction of sp³-hybridized carbons (Fsp3) is 0.667. The summed E-state index contributed by atoms with van der Waals surface area (Å²) in [5, 5.41) is 5.15. The zero-order valence-electron chi connectivity index (χ0n) is 17.4. The number of hydrogen-bond acceptors (Lipinski definition) is 6. The summed E-state index contributed by atoms with van der Waals surface area (Å²) in [4.78, 5) is 45.6. The molecule has 3 heterocycles. The Hall–Kier alpha value is -1.97. The van der Waals surface area contributed by atoms with Gasteiger partial charge in [0.25, 0.3) is 5.91 Å². The molecule has 164 valence electrons. The zero-order chi connectivity index (χ0) is 21.1. The van der Waals surface area contributed by atoms with Crippen molar-refractivity contribution in [3.8, 4) is 0 Å². The number of hydrogen-bond donors (Lipinski definition) is 1. The van der Waals surface area contributed by atoms with Gasteiger partial charge in [0.2, 0.25) is 11.8 Å². The molecule has 1 aromatic rings. The van der Waals surface area contributed by atoms with Crippen molar-refractivity contribution in [3.05, 3.63) is 22.4 Å². The lowest BCUT2D eigenvalue weighted by Crippen LogP contribution is -2.53. The Balaban J connectivity index is 1.55. The van der Waals surface area contributed by atoms with Crippen LogP contribution < -0.4 is 5.32 Å². The molecule has 2 aliphatic heterocycles. The number of ether oxygens (including phenoxy) is 1. The fourth-order valence-electron chi connectivity index (χ4n) is 4.36. The Kier molecular flexibility index (Phi) is 6.70. The third-order valence-electron chi connectivity index (χ3n) is 6.17. The number of carbonyl (C=O) groups is 3. The molecule has 0 aromatic carbocycles. The van der Waals surface area contributed by atoms with Crippen molar-refractivity contribution in [1.29, 1.82) is 0 Å². The van der Waals surface area contributed by atoms with Gasteiger partial charge in [-0.1, -0.05) is 6.07 Å². The van der Waals surface area contributed by atoms with Crippen molar-refractivity contribution in [2.75, 3.05) is 53.0 Å². The molecule has 3 amide bonds. The van der Waals surface area contributed by atoms with E-state index >= 15 is 0 Å². The van der Waals surface area contributed by atoms with E-state index in [2.05, 4.69) is 5.32 Å². The molecule has 3 fully saturated rings. The molecule has 30 heavy (non-hydrogen) atoms. The summed E-state index contributed by atoms with van der Waals surface area (Å²) >= 11 is 1.41. The Bertz CT molecular complexity index is 761. The number of carbonyl (C=O) groups excluding carboxylic acids is 3. The van der Waals surface area contributed by atoms with Gasteiger partial charge >= 0.3 is 0 Å². The van der Waals surface area contributed by atoms with Gasteiger partial charge in [-0.05, 0) is 30.7 Å². The lowest BCUT2D eigenvalue weighted by Gasteiger charge is -2.32. The quantitative estimate of drug-likeness (QED) is 0.681. The lowest BCUT2D eigenvalue weighted by molar-refractivity contribution is -0.144. The van der Waals surface area contributed by atoms with Crippen LogP contribution in [0.25, 0.3) is 0 Å². The minimum absolute atomic E-state index is 0.0169. The van der Waals surface area contributed by atoms with E-state index < -0.39 is 6.04 Å². The maximum atomic E-state index is 13.3. The topological polar surface area (TPSA) is 82.2 Å². The molecule has 9 heteroatoms. The average Bonchev–Trinajstić information content (AvgIpc) is 3.30. The van der Waals surface area contributed by atoms with Crippen LogP contribution in [0, 0.1) is 5.92 Å². The van der Waals surface area contributed by atoms with Gasteiger partial charge in [0, 0.05) is 52.3 Å². The van der Waals surface area contributed by atoms with E-state index in [1.807, 2.05) is 22.4 Å². The highest BCUT2D eigenvalue weighted by molar-refractivity contribution is 7.12. The number of piperazine rings is 1. The SMILES string of the molecule is COCCN(C(=O)c1cccs1)C1CC(C(=O)N2CCNCC2)N(C(=O)C2CC2)C1. The van der Waals surface area contributed by atoms with Crippen LogP contribution in [0.3, 0.4) is 0 Å². The summed E-state index contributed by atoms with van der Waals surface area (Å²) in [5.41, 5.74) is 0. The molecule has 0 radical (unpaired) electrons. The first-order valence-corrected chi connectivity index (χ1v) is 11.6. The van der Waals surface area contributed by atoms with Crippen LogP contribution in [-0.4, -0.2) is 97.5 Å².